The molecule has 0 saturated heterocycles. The van der Waals surface area contributed by atoms with Crippen molar-refractivity contribution in [1.29, 1.82) is 0 Å². The number of hydrogen-bond acceptors (Lipinski definition) is 3. The number of carboxylic acids is 1. The molecule has 0 aromatic rings. The van der Waals surface area contributed by atoms with Crippen LogP contribution in [0.5, 0.6) is 0 Å². The number of rotatable bonds is 7. The molecule has 96 valence electrons. The van der Waals surface area contributed by atoms with Crippen molar-refractivity contribution in [3.8, 4) is 0 Å². The summed E-state index contributed by atoms with van der Waals surface area (Å²) in [5.74, 6) is -1.20. The van der Waals surface area contributed by atoms with Crippen LogP contribution in [0.2, 0.25) is 0 Å². The molecule has 5 heteroatoms. The van der Waals surface area contributed by atoms with Gasteiger partial charge < -0.3 is 14.7 Å². The Bertz CT molecular complexity index is 304. The Morgan fingerprint density at radius 1 is 1.53 bits per heavy atom. The van der Waals surface area contributed by atoms with E-state index in [-0.39, 0.29) is 31.0 Å². The van der Waals surface area contributed by atoms with E-state index in [1.807, 2.05) is 0 Å². The molecule has 0 aromatic carbocycles. The van der Waals surface area contributed by atoms with Crippen LogP contribution in [0.4, 0.5) is 0 Å². The SMILES string of the molecule is C=CCN(CC(=O)O)C(=O)CC1(OC)CCC1. The van der Waals surface area contributed by atoms with Crippen molar-refractivity contribution in [2.75, 3.05) is 20.2 Å². The van der Waals surface area contributed by atoms with Crippen LogP contribution < -0.4 is 0 Å². The van der Waals surface area contributed by atoms with Gasteiger partial charge in [0.25, 0.3) is 0 Å². The van der Waals surface area contributed by atoms with Gasteiger partial charge in [0.15, 0.2) is 0 Å². The van der Waals surface area contributed by atoms with E-state index in [0.717, 1.165) is 19.3 Å². The maximum absolute atomic E-state index is 12.0. The lowest BCUT2D eigenvalue weighted by Crippen LogP contribution is -2.46. The highest BCUT2D eigenvalue weighted by molar-refractivity contribution is 5.82. The predicted octanol–water partition coefficient (Wildman–Crippen LogP) is 1.04. The van der Waals surface area contributed by atoms with Gasteiger partial charge in [-0.2, -0.15) is 0 Å². The van der Waals surface area contributed by atoms with Gasteiger partial charge >= 0.3 is 5.97 Å². The van der Waals surface area contributed by atoms with Gasteiger partial charge in [0.05, 0.1) is 12.0 Å². The highest BCUT2D eigenvalue weighted by atomic mass is 16.5. The monoisotopic (exact) mass is 241 g/mol. The summed E-state index contributed by atoms with van der Waals surface area (Å²) in [4.78, 5) is 23.9. The first kappa shape index (κ1) is 13.7. The van der Waals surface area contributed by atoms with E-state index in [9.17, 15) is 9.59 Å². The minimum Gasteiger partial charge on any atom is -0.480 e. The largest absolute Gasteiger partial charge is 0.480 e. The molecule has 0 atom stereocenters. The van der Waals surface area contributed by atoms with E-state index in [4.69, 9.17) is 9.84 Å². The minimum atomic E-state index is -1.01. The summed E-state index contributed by atoms with van der Waals surface area (Å²) in [5.41, 5.74) is -0.366. The molecule has 1 N–H and O–H groups in total. The summed E-state index contributed by atoms with van der Waals surface area (Å²) < 4.78 is 5.36. The van der Waals surface area contributed by atoms with Crippen molar-refractivity contribution in [2.45, 2.75) is 31.3 Å². The molecule has 0 bridgehead atoms. The van der Waals surface area contributed by atoms with Crippen molar-refractivity contribution in [1.82, 2.24) is 4.90 Å². The number of carbonyl (C=O) groups is 2. The molecule has 1 amide bonds. The Balaban J connectivity index is 2.57. The number of hydrogen-bond donors (Lipinski definition) is 1. The molecule has 1 fully saturated rings. The summed E-state index contributed by atoms with van der Waals surface area (Å²) in [6.07, 6.45) is 4.57. The highest BCUT2D eigenvalue weighted by Crippen LogP contribution is 2.38. The maximum atomic E-state index is 12.0. The zero-order valence-corrected chi connectivity index (χ0v) is 10.1. The van der Waals surface area contributed by atoms with E-state index >= 15 is 0 Å². The number of methoxy groups -OCH3 is 1. The number of nitrogens with zero attached hydrogens (tertiary/aromatic N) is 1. The molecular weight excluding hydrogens is 222 g/mol. The number of ether oxygens (including phenoxy) is 1. The van der Waals surface area contributed by atoms with Crippen molar-refractivity contribution in [3.63, 3.8) is 0 Å². The van der Waals surface area contributed by atoms with Gasteiger partial charge in [-0.1, -0.05) is 6.08 Å². The summed E-state index contributed by atoms with van der Waals surface area (Å²) in [5, 5.41) is 8.73. The molecule has 0 radical (unpaired) electrons. The third kappa shape index (κ3) is 3.56. The average Bonchev–Trinajstić information content (AvgIpc) is 2.22. The topological polar surface area (TPSA) is 66.8 Å². The van der Waals surface area contributed by atoms with Crippen LogP contribution in [0.1, 0.15) is 25.7 Å². The Kier molecular flexibility index (Phi) is 4.69. The fourth-order valence-electron chi connectivity index (χ4n) is 1.99. The zero-order chi connectivity index (χ0) is 12.9. The third-order valence-corrected chi connectivity index (χ3v) is 3.20. The molecule has 0 aliphatic heterocycles. The highest BCUT2D eigenvalue weighted by Gasteiger charge is 2.40. The summed E-state index contributed by atoms with van der Waals surface area (Å²) in [6.45, 7) is 3.49. The number of carboxylic acid groups (broad SMARTS) is 1. The lowest BCUT2D eigenvalue weighted by Gasteiger charge is -2.40. The lowest BCUT2D eigenvalue weighted by molar-refractivity contribution is -0.150. The number of aliphatic carboxylic acids is 1. The van der Waals surface area contributed by atoms with Crippen LogP contribution in [0.15, 0.2) is 12.7 Å². The average molecular weight is 241 g/mol. The molecule has 0 aromatic heterocycles. The molecule has 1 saturated carbocycles. The summed E-state index contributed by atoms with van der Waals surface area (Å²) in [6, 6.07) is 0. The first-order chi connectivity index (χ1) is 8.03. The Morgan fingerprint density at radius 2 is 2.18 bits per heavy atom. The van der Waals surface area contributed by atoms with Gasteiger partial charge in [0.2, 0.25) is 5.91 Å². The zero-order valence-electron chi connectivity index (χ0n) is 10.1. The number of carbonyl (C=O) groups excluding carboxylic acids is 1. The van der Waals surface area contributed by atoms with Gasteiger partial charge in [0.1, 0.15) is 6.54 Å². The second-order valence-electron chi connectivity index (χ2n) is 4.37. The van der Waals surface area contributed by atoms with Crippen LogP contribution >= 0.6 is 0 Å². The van der Waals surface area contributed by atoms with E-state index in [1.54, 1.807) is 7.11 Å². The molecule has 1 aliphatic rings. The van der Waals surface area contributed by atoms with Gasteiger partial charge in [-0.15, -0.1) is 6.58 Å². The fraction of sp³-hybridized carbons (Fsp3) is 0.667. The van der Waals surface area contributed by atoms with Crippen molar-refractivity contribution >= 4 is 11.9 Å². The molecule has 0 spiro atoms. The molecule has 17 heavy (non-hydrogen) atoms. The summed E-state index contributed by atoms with van der Waals surface area (Å²) in [7, 11) is 1.60. The molecule has 0 heterocycles. The quantitative estimate of drug-likeness (QED) is 0.676. The smallest absolute Gasteiger partial charge is 0.323 e. The normalized spacial score (nSPS) is 17.0. The third-order valence-electron chi connectivity index (χ3n) is 3.20. The van der Waals surface area contributed by atoms with E-state index in [0.29, 0.717) is 0 Å². The lowest BCUT2D eigenvalue weighted by atomic mass is 9.77. The van der Waals surface area contributed by atoms with Crippen molar-refractivity contribution in [2.24, 2.45) is 0 Å². The van der Waals surface area contributed by atoms with Crippen LogP contribution in [0.25, 0.3) is 0 Å². The first-order valence-corrected chi connectivity index (χ1v) is 5.68. The minimum absolute atomic E-state index is 0.186. The second kappa shape index (κ2) is 5.82. The predicted molar refractivity (Wildman–Crippen MR) is 62.6 cm³/mol. The Morgan fingerprint density at radius 3 is 2.53 bits per heavy atom. The molecular formula is C12H19NO4. The fourth-order valence-corrected chi connectivity index (χ4v) is 1.99. The Labute approximate surface area is 101 Å². The molecule has 1 aliphatic carbocycles. The van der Waals surface area contributed by atoms with E-state index < -0.39 is 5.97 Å². The first-order valence-electron chi connectivity index (χ1n) is 5.68. The van der Waals surface area contributed by atoms with Crippen LogP contribution in [-0.4, -0.2) is 47.7 Å². The van der Waals surface area contributed by atoms with Gasteiger partial charge in [0, 0.05) is 13.7 Å². The number of amides is 1. The van der Waals surface area contributed by atoms with E-state index in [1.165, 1.54) is 11.0 Å². The van der Waals surface area contributed by atoms with Crippen LogP contribution in [0.3, 0.4) is 0 Å². The van der Waals surface area contributed by atoms with Gasteiger partial charge in [-0.3, -0.25) is 9.59 Å². The maximum Gasteiger partial charge on any atom is 0.323 e. The van der Waals surface area contributed by atoms with Crippen LogP contribution in [-0.2, 0) is 14.3 Å². The standard InChI is InChI=1S/C12H19NO4/c1-3-7-13(9-11(15)16)10(14)8-12(17-2)5-4-6-12/h3H,1,4-9H2,2H3,(H,15,16). The molecule has 0 unspecified atom stereocenters. The summed E-state index contributed by atoms with van der Waals surface area (Å²) >= 11 is 0. The van der Waals surface area contributed by atoms with E-state index in [2.05, 4.69) is 6.58 Å². The molecule has 1 rings (SSSR count). The van der Waals surface area contributed by atoms with Gasteiger partial charge in [-0.05, 0) is 19.3 Å². The van der Waals surface area contributed by atoms with Crippen molar-refractivity contribution < 1.29 is 19.4 Å². The van der Waals surface area contributed by atoms with Gasteiger partial charge in [-0.25, -0.2) is 0 Å². The van der Waals surface area contributed by atoms with Crippen LogP contribution in [0, 0.1) is 0 Å². The second-order valence-corrected chi connectivity index (χ2v) is 4.37. The molecule has 5 nitrogen and oxygen atoms in total. The van der Waals surface area contributed by atoms with Crippen molar-refractivity contribution in [3.05, 3.63) is 12.7 Å². The Hall–Kier alpha value is -1.36.